The van der Waals surface area contributed by atoms with Crippen molar-refractivity contribution >= 4 is 41.4 Å². The van der Waals surface area contributed by atoms with Crippen LogP contribution in [-0.4, -0.2) is 126 Å². The molecule has 0 saturated carbocycles. The van der Waals surface area contributed by atoms with Gasteiger partial charge in [-0.15, -0.1) is 16.9 Å². The summed E-state index contributed by atoms with van der Waals surface area (Å²) < 4.78 is 1.26. The molecular weight excluding hydrogens is 570 g/mol. The fourth-order valence-corrected chi connectivity index (χ4v) is 7.90. The number of tetrazole rings is 1. The van der Waals surface area contributed by atoms with Crippen LogP contribution in [0.3, 0.4) is 0 Å². The van der Waals surface area contributed by atoms with Gasteiger partial charge in [0.1, 0.15) is 18.6 Å². The predicted molar refractivity (Wildman–Crippen MR) is 148 cm³/mol. The van der Waals surface area contributed by atoms with Gasteiger partial charge in [-0.05, 0) is 23.8 Å². The van der Waals surface area contributed by atoms with E-state index in [0.717, 1.165) is 0 Å². The Hall–Kier alpha value is -3.77. The number of aliphatic imine (C=N–C) groups is 1. The molecule has 42 heavy (non-hydrogen) atoms. The number of carboxylic acids is 1. The van der Waals surface area contributed by atoms with Crippen LogP contribution in [0.15, 0.2) is 21.9 Å². The number of carboxylic acid groups (broad SMARTS) is 1. The van der Waals surface area contributed by atoms with E-state index in [1.54, 1.807) is 11.8 Å². The Labute approximate surface area is 245 Å². The molecule has 17 nitrogen and oxygen atoms in total. The van der Waals surface area contributed by atoms with Gasteiger partial charge in [0.05, 0.1) is 24.0 Å². The molecule has 3 fully saturated rings. The maximum Gasteiger partial charge on any atom is 0.353 e. The summed E-state index contributed by atoms with van der Waals surface area (Å²) in [6, 6.07) is -1.80. The zero-order chi connectivity index (χ0) is 30.3. The van der Waals surface area contributed by atoms with Crippen molar-refractivity contribution in [3.63, 3.8) is 0 Å². The molecule has 3 saturated heterocycles. The maximum absolute atomic E-state index is 13.3. The number of carbonyl (C=O) groups is 4. The van der Waals surface area contributed by atoms with E-state index in [2.05, 4.69) is 31.2 Å². The molecule has 3 amide bonds. The Balaban J connectivity index is 1.22. The third-order valence-electron chi connectivity index (χ3n) is 8.37. The van der Waals surface area contributed by atoms with Gasteiger partial charge in [0.2, 0.25) is 17.7 Å². The first kappa shape index (κ1) is 29.7. The molecule has 0 aliphatic carbocycles. The number of aliphatic carboxylic acids is 1. The van der Waals surface area contributed by atoms with Crippen molar-refractivity contribution in [2.45, 2.75) is 56.2 Å². The topological polar surface area (TPSA) is 247 Å². The minimum Gasteiger partial charge on any atom is -0.477 e. The molecule has 0 bridgehead atoms. The van der Waals surface area contributed by atoms with Crippen LogP contribution in [0.2, 0.25) is 0 Å². The van der Waals surface area contributed by atoms with Crippen molar-refractivity contribution in [2.24, 2.45) is 34.2 Å². The number of guanidine groups is 1. The van der Waals surface area contributed by atoms with Crippen molar-refractivity contribution in [3.05, 3.63) is 16.9 Å². The predicted octanol–water partition coefficient (Wildman–Crippen LogP) is -3.49. The molecule has 4 aliphatic heterocycles. The normalized spacial score (nSPS) is 31.1. The second-order valence-corrected chi connectivity index (χ2v) is 12.5. The van der Waals surface area contributed by atoms with E-state index < -0.39 is 30.0 Å². The number of aliphatic hydroxyl groups excluding tert-OH is 1. The number of aliphatic hydroxyl groups is 1. The van der Waals surface area contributed by atoms with Crippen molar-refractivity contribution in [2.75, 3.05) is 26.2 Å². The highest BCUT2D eigenvalue weighted by Crippen LogP contribution is 2.51. The lowest BCUT2D eigenvalue weighted by Crippen LogP contribution is -2.66. The number of carbonyl (C=O) groups excluding carboxylic acids is 3. The summed E-state index contributed by atoms with van der Waals surface area (Å²) in [4.78, 5) is 59.0. The van der Waals surface area contributed by atoms with Gasteiger partial charge in [-0.25, -0.2) is 14.5 Å². The summed E-state index contributed by atoms with van der Waals surface area (Å²) in [6.07, 6.45) is 1.77. The maximum atomic E-state index is 13.3. The minimum absolute atomic E-state index is 0.0360. The molecule has 228 valence electrons. The van der Waals surface area contributed by atoms with Gasteiger partial charge in [0, 0.05) is 54.3 Å². The van der Waals surface area contributed by atoms with Crippen LogP contribution in [0.1, 0.15) is 20.3 Å². The molecule has 8 N–H and O–H groups in total. The molecular formula is C24H35N11O6S. The highest BCUT2D eigenvalue weighted by atomic mass is 32.2. The van der Waals surface area contributed by atoms with E-state index in [4.69, 9.17) is 11.5 Å². The molecule has 1 aromatic rings. The third kappa shape index (κ3) is 5.52. The van der Waals surface area contributed by atoms with Crippen molar-refractivity contribution in [3.8, 4) is 0 Å². The molecule has 1 unspecified atom stereocenters. The summed E-state index contributed by atoms with van der Waals surface area (Å²) in [5.41, 5.74) is 11.0. The van der Waals surface area contributed by atoms with Crippen LogP contribution < -0.4 is 22.1 Å². The van der Waals surface area contributed by atoms with E-state index in [0.29, 0.717) is 31.0 Å². The average Bonchev–Trinajstić information content (AvgIpc) is 3.71. The lowest BCUT2D eigenvalue weighted by atomic mass is 9.78. The second kappa shape index (κ2) is 11.8. The Morgan fingerprint density at radius 1 is 1.31 bits per heavy atom. The number of β-lactam (4-membered cyclic amide) rings is 1. The summed E-state index contributed by atoms with van der Waals surface area (Å²) in [5, 5.41) is 36.4. The molecule has 0 radical (unpaired) electrons. The van der Waals surface area contributed by atoms with Gasteiger partial charge in [-0.1, -0.05) is 6.92 Å². The molecule has 18 heteroatoms. The highest BCUT2D eigenvalue weighted by molar-refractivity contribution is 8.03. The Morgan fingerprint density at radius 3 is 2.71 bits per heavy atom. The summed E-state index contributed by atoms with van der Waals surface area (Å²) >= 11 is 1.38. The number of rotatable bonds is 10. The van der Waals surface area contributed by atoms with E-state index in [1.165, 1.54) is 27.7 Å². The summed E-state index contributed by atoms with van der Waals surface area (Å²) in [7, 11) is 0. The van der Waals surface area contributed by atoms with E-state index in [1.807, 2.05) is 6.92 Å². The zero-order valence-corrected chi connectivity index (χ0v) is 24.0. The van der Waals surface area contributed by atoms with Gasteiger partial charge < -0.3 is 42.1 Å². The summed E-state index contributed by atoms with van der Waals surface area (Å²) in [6.45, 7) is 4.47. The molecule has 5 rings (SSSR count). The molecule has 8 atom stereocenters. The first-order chi connectivity index (χ1) is 20.0. The highest BCUT2D eigenvalue weighted by Gasteiger charge is 2.60. The quantitative estimate of drug-likeness (QED) is 0.0862. The van der Waals surface area contributed by atoms with Crippen LogP contribution >= 0.6 is 11.8 Å². The number of hydrogen-bond donors (Lipinski definition) is 6. The average molecular weight is 606 g/mol. The Bertz CT molecular complexity index is 1300. The Morgan fingerprint density at radius 2 is 2.07 bits per heavy atom. The molecule has 5 heterocycles. The standard InChI is InChI=1S/C24H35N11O6S/c1-10-18-17(11(2)29-16(37)7-34-9-28-31-32-34)22(39)35(18)19(23(40)41)20(10)42-13-3-14(27-4-13)21(38)33-5-12(8-36)15(6-33)30-24(25)26/h9-15,17-18,27,36H,3-8H2,1-2H3,(H,29,37)(H,40,41)(H4,25,26,30)/t10-,11?,12-,13+,14+,15+,17-,18-/m1/s1. The van der Waals surface area contributed by atoms with Crippen LogP contribution in [0.4, 0.5) is 0 Å². The van der Waals surface area contributed by atoms with Gasteiger partial charge in [-0.3, -0.25) is 14.4 Å². The van der Waals surface area contributed by atoms with Gasteiger partial charge in [0.25, 0.3) is 0 Å². The lowest BCUT2D eigenvalue weighted by molar-refractivity contribution is -0.158. The first-order valence-electron chi connectivity index (χ1n) is 13.7. The van der Waals surface area contributed by atoms with E-state index in [9.17, 15) is 29.4 Å². The van der Waals surface area contributed by atoms with Crippen molar-refractivity contribution in [1.82, 2.24) is 40.6 Å². The number of likely N-dealkylation sites (tertiary alicyclic amines) is 1. The lowest BCUT2D eigenvalue weighted by Gasteiger charge is -2.47. The molecule has 4 aliphatic rings. The summed E-state index contributed by atoms with van der Waals surface area (Å²) in [5.74, 6) is -3.25. The number of hydrogen-bond acceptors (Lipinski definition) is 11. The number of amides is 3. The van der Waals surface area contributed by atoms with Gasteiger partial charge in [-0.2, -0.15) is 0 Å². The second-order valence-electron chi connectivity index (χ2n) is 11.1. The number of nitrogens with two attached hydrogens (primary N) is 2. The molecule has 0 aromatic carbocycles. The van der Waals surface area contributed by atoms with Crippen molar-refractivity contribution < 1.29 is 29.4 Å². The largest absolute Gasteiger partial charge is 0.477 e. The first-order valence-corrected chi connectivity index (χ1v) is 14.6. The molecule has 1 aromatic heterocycles. The van der Waals surface area contributed by atoms with Gasteiger partial charge in [0.15, 0.2) is 5.96 Å². The third-order valence-corrected chi connectivity index (χ3v) is 9.88. The van der Waals surface area contributed by atoms with Gasteiger partial charge >= 0.3 is 5.97 Å². The monoisotopic (exact) mass is 605 g/mol. The number of aromatic nitrogens is 4. The zero-order valence-electron chi connectivity index (χ0n) is 23.2. The number of nitrogens with one attached hydrogen (secondary N) is 2. The van der Waals surface area contributed by atoms with Crippen LogP contribution in [0, 0.1) is 17.8 Å². The Kier molecular flexibility index (Phi) is 8.38. The SMILES string of the molecule is CC(NC(=O)Cn1cnnn1)[C@H]1C(=O)N2C(C(=O)O)=C(S[C@@H]3CN[C@H](C(=O)N4C[C@H](CO)[C@@H](N=C(N)N)C4)C3)[C@H](C)[C@H]12. The van der Waals surface area contributed by atoms with E-state index in [-0.39, 0.29) is 65.7 Å². The van der Waals surface area contributed by atoms with Crippen LogP contribution in [0.5, 0.6) is 0 Å². The fourth-order valence-electron chi connectivity index (χ4n) is 6.42. The minimum atomic E-state index is -1.19. The molecule has 0 spiro atoms. The van der Waals surface area contributed by atoms with E-state index >= 15 is 0 Å². The smallest absolute Gasteiger partial charge is 0.353 e. The number of fused-ring (bicyclic) bond motifs is 1. The van der Waals surface area contributed by atoms with Crippen LogP contribution in [-0.2, 0) is 25.7 Å². The van der Waals surface area contributed by atoms with Crippen LogP contribution in [0.25, 0.3) is 0 Å². The fraction of sp³-hybridized carbons (Fsp3) is 0.667. The van der Waals surface area contributed by atoms with Crippen molar-refractivity contribution in [1.29, 1.82) is 0 Å². The number of thioether (sulfide) groups is 1. The number of nitrogens with zero attached hydrogens (tertiary/aromatic N) is 7.